The van der Waals surface area contributed by atoms with Gasteiger partial charge in [-0.2, -0.15) is 0 Å². The predicted octanol–water partition coefficient (Wildman–Crippen LogP) is 4.26. The smallest absolute Gasteiger partial charge is 0.288 e. The highest BCUT2D eigenvalue weighted by molar-refractivity contribution is 9.08. The number of nitrogens with zero attached hydrogens (tertiary/aromatic N) is 4. The van der Waals surface area contributed by atoms with Crippen LogP contribution in [0.2, 0.25) is 5.02 Å². The minimum Gasteiger partial charge on any atom is -0.288 e. The van der Waals surface area contributed by atoms with Crippen molar-refractivity contribution in [3.8, 4) is 5.69 Å². The molecule has 3 rings (SSSR count). The van der Waals surface area contributed by atoms with Gasteiger partial charge in [0.1, 0.15) is 17.3 Å². The maximum Gasteiger partial charge on any atom is 0.294 e. The number of ketones is 1. The molecule has 0 fully saturated rings. The van der Waals surface area contributed by atoms with E-state index in [0.29, 0.717) is 17.0 Å². The molecule has 0 saturated heterocycles. The monoisotopic (exact) mass is 434 g/mol. The van der Waals surface area contributed by atoms with Gasteiger partial charge in [0.25, 0.3) is 5.69 Å². The van der Waals surface area contributed by atoms with Gasteiger partial charge in [-0.25, -0.2) is 0 Å². The number of para-hydroxylation sites is 1. The van der Waals surface area contributed by atoms with Crippen molar-refractivity contribution in [1.29, 1.82) is 0 Å². The Morgan fingerprint density at radius 3 is 2.54 bits per heavy atom. The van der Waals surface area contributed by atoms with Crippen molar-refractivity contribution in [2.75, 3.05) is 0 Å². The molecular weight excluding hydrogens is 424 g/mol. The quantitative estimate of drug-likeness (QED) is 0.258. The number of nitro groups is 1. The molecule has 0 aliphatic rings. The number of carbonyl (C=O) groups is 1. The lowest BCUT2D eigenvalue weighted by atomic mass is 10.00. The number of nitro benzene ring substituents is 1. The number of aryl methyl sites for hydroxylation is 1. The third-order valence-corrected chi connectivity index (χ3v) is 4.64. The summed E-state index contributed by atoms with van der Waals surface area (Å²) in [4.78, 5) is 24.2. The standard InChI is InChI=1S/C17H12BrClN4O3/c1-10-20-21-15(9-18)22(10)16-12(6-4-8-14(16)23(25)26)17(24)11-5-2-3-7-13(11)19/h2-8H,9H2,1H3. The first kappa shape index (κ1) is 18.2. The van der Waals surface area contributed by atoms with Crippen molar-refractivity contribution in [2.45, 2.75) is 12.3 Å². The predicted molar refractivity (Wildman–Crippen MR) is 100 cm³/mol. The van der Waals surface area contributed by atoms with Crippen LogP contribution >= 0.6 is 27.5 Å². The number of benzene rings is 2. The number of halogens is 2. The number of alkyl halides is 1. The summed E-state index contributed by atoms with van der Waals surface area (Å²) in [6.07, 6.45) is 0. The molecule has 2 aromatic carbocycles. The third kappa shape index (κ3) is 3.13. The number of hydrogen-bond acceptors (Lipinski definition) is 5. The van der Waals surface area contributed by atoms with Crippen LogP contribution in [-0.2, 0) is 5.33 Å². The Kier molecular flexibility index (Phi) is 5.15. The molecule has 0 spiro atoms. The first-order chi connectivity index (χ1) is 12.5. The van der Waals surface area contributed by atoms with Gasteiger partial charge < -0.3 is 0 Å². The van der Waals surface area contributed by atoms with Crippen LogP contribution in [0.25, 0.3) is 5.69 Å². The number of carbonyl (C=O) groups excluding carboxylic acids is 1. The maximum atomic E-state index is 13.1. The molecule has 0 N–H and O–H groups in total. The Morgan fingerprint density at radius 1 is 1.19 bits per heavy atom. The van der Waals surface area contributed by atoms with Crippen LogP contribution in [0.5, 0.6) is 0 Å². The van der Waals surface area contributed by atoms with E-state index < -0.39 is 10.7 Å². The Hall–Kier alpha value is -2.58. The number of rotatable bonds is 5. The molecule has 0 bridgehead atoms. The van der Waals surface area contributed by atoms with E-state index in [9.17, 15) is 14.9 Å². The van der Waals surface area contributed by atoms with Crippen LogP contribution in [0.15, 0.2) is 42.5 Å². The Bertz CT molecular complexity index is 1020. The third-order valence-electron chi connectivity index (χ3n) is 3.81. The van der Waals surface area contributed by atoms with Gasteiger partial charge in [0.2, 0.25) is 0 Å². The summed E-state index contributed by atoms with van der Waals surface area (Å²) in [7, 11) is 0. The fraction of sp³-hybridized carbons (Fsp3) is 0.118. The van der Waals surface area contributed by atoms with Gasteiger partial charge in [0.05, 0.1) is 20.8 Å². The lowest BCUT2D eigenvalue weighted by Crippen LogP contribution is -2.13. The van der Waals surface area contributed by atoms with E-state index in [1.165, 1.54) is 22.8 Å². The molecule has 1 heterocycles. The molecule has 0 aliphatic carbocycles. The normalized spacial score (nSPS) is 10.7. The van der Waals surface area contributed by atoms with Crippen LogP contribution < -0.4 is 0 Å². The molecular formula is C17H12BrClN4O3. The molecule has 0 atom stereocenters. The van der Waals surface area contributed by atoms with Crippen molar-refractivity contribution >= 4 is 39.0 Å². The lowest BCUT2D eigenvalue weighted by Gasteiger charge is -2.13. The summed E-state index contributed by atoms with van der Waals surface area (Å²) in [5.74, 6) is 0.467. The van der Waals surface area contributed by atoms with Gasteiger partial charge in [0, 0.05) is 11.6 Å². The average molecular weight is 436 g/mol. The van der Waals surface area contributed by atoms with E-state index in [4.69, 9.17) is 11.6 Å². The molecule has 0 radical (unpaired) electrons. The Balaban J connectivity index is 2.33. The summed E-state index contributed by atoms with van der Waals surface area (Å²) in [5, 5.41) is 20.2. The summed E-state index contributed by atoms with van der Waals surface area (Å²) in [6.45, 7) is 1.67. The van der Waals surface area contributed by atoms with Gasteiger partial charge >= 0.3 is 0 Å². The van der Waals surface area contributed by atoms with Crippen molar-refractivity contribution in [1.82, 2.24) is 14.8 Å². The second-order valence-electron chi connectivity index (χ2n) is 5.37. The fourth-order valence-electron chi connectivity index (χ4n) is 2.67. The molecule has 0 unspecified atom stereocenters. The van der Waals surface area contributed by atoms with E-state index in [2.05, 4.69) is 26.1 Å². The van der Waals surface area contributed by atoms with E-state index in [1.54, 1.807) is 31.2 Å². The Labute approximate surface area is 161 Å². The van der Waals surface area contributed by atoms with Gasteiger partial charge in [-0.3, -0.25) is 19.5 Å². The minimum atomic E-state index is -0.532. The van der Waals surface area contributed by atoms with Crippen molar-refractivity contribution in [2.24, 2.45) is 0 Å². The summed E-state index contributed by atoms with van der Waals surface area (Å²) in [5.41, 5.74) is 0.326. The van der Waals surface area contributed by atoms with E-state index >= 15 is 0 Å². The van der Waals surface area contributed by atoms with Crippen molar-refractivity contribution in [3.05, 3.63) is 80.4 Å². The van der Waals surface area contributed by atoms with Gasteiger partial charge in [-0.1, -0.05) is 45.7 Å². The van der Waals surface area contributed by atoms with Crippen LogP contribution in [-0.4, -0.2) is 25.5 Å². The van der Waals surface area contributed by atoms with E-state index in [1.807, 2.05) is 0 Å². The maximum absolute atomic E-state index is 13.1. The zero-order chi connectivity index (χ0) is 18.8. The zero-order valence-electron chi connectivity index (χ0n) is 13.5. The minimum absolute atomic E-state index is 0.124. The molecule has 26 heavy (non-hydrogen) atoms. The number of hydrogen-bond donors (Lipinski definition) is 0. The average Bonchev–Trinajstić information content (AvgIpc) is 3.01. The number of aromatic nitrogens is 3. The molecule has 9 heteroatoms. The first-order valence-electron chi connectivity index (χ1n) is 7.49. The lowest BCUT2D eigenvalue weighted by molar-refractivity contribution is -0.384. The molecule has 0 amide bonds. The topological polar surface area (TPSA) is 90.9 Å². The second-order valence-corrected chi connectivity index (χ2v) is 6.34. The molecule has 1 aromatic heterocycles. The summed E-state index contributed by atoms with van der Waals surface area (Å²) in [6, 6.07) is 10.9. The van der Waals surface area contributed by atoms with Crippen LogP contribution in [0.1, 0.15) is 27.6 Å². The van der Waals surface area contributed by atoms with Gasteiger partial charge in [0.15, 0.2) is 5.78 Å². The van der Waals surface area contributed by atoms with Crippen LogP contribution in [0.4, 0.5) is 5.69 Å². The van der Waals surface area contributed by atoms with Gasteiger partial charge in [-0.15, -0.1) is 10.2 Å². The molecule has 7 nitrogen and oxygen atoms in total. The van der Waals surface area contributed by atoms with Gasteiger partial charge in [-0.05, 0) is 25.1 Å². The first-order valence-corrected chi connectivity index (χ1v) is 8.99. The van der Waals surface area contributed by atoms with E-state index in [0.717, 1.165) is 0 Å². The van der Waals surface area contributed by atoms with Crippen LogP contribution in [0, 0.1) is 17.0 Å². The summed E-state index contributed by atoms with van der Waals surface area (Å²) < 4.78 is 1.51. The van der Waals surface area contributed by atoms with E-state index in [-0.39, 0.29) is 27.5 Å². The Morgan fingerprint density at radius 2 is 1.88 bits per heavy atom. The highest BCUT2D eigenvalue weighted by Gasteiger charge is 2.27. The molecule has 3 aromatic rings. The zero-order valence-corrected chi connectivity index (χ0v) is 15.9. The second kappa shape index (κ2) is 7.35. The SMILES string of the molecule is Cc1nnc(CBr)n1-c1c(C(=O)c2ccccc2Cl)cccc1[N+](=O)[O-]. The van der Waals surface area contributed by atoms with Crippen LogP contribution in [0.3, 0.4) is 0 Å². The molecule has 132 valence electrons. The van der Waals surface area contributed by atoms with Crippen molar-refractivity contribution < 1.29 is 9.72 Å². The fourth-order valence-corrected chi connectivity index (χ4v) is 3.26. The largest absolute Gasteiger partial charge is 0.294 e. The van der Waals surface area contributed by atoms with Crippen molar-refractivity contribution in [3.63, 3.8) is 0 Å². The molecule has 0 aliphatic heterocycles. The molecule has 0 saturated carbocycles. The summed E-state index contributed by atoms with van der Waals surface area (Å²) >= 11 is 9.44. The highest BCUT2D eigenvalue weighted by Crippen LogP contribution is 2.31. The highest BCUT2D eigenvalue weighted by atomic mass is 79.9.